The average Bonchev–Trinajstić information content (AvgIpc) is 2.38. The summed E-state index contributed by atoms with van der Waals surface area (Å²) in [6, 6.07) is 7.50. The van der Waals surface area contributed by atoms with Crippen LogP contribution in [0.3, 0.4) is 0 Å². The fraction of sp³-hybridized carbons (Fsp3) is 0.462. The Kier molecular flexibility index (Phi) is 5.61. The molecule has 1 unspecified atom stereocenters. The minimum Gasteiger partial charge on any atom is -0.495 e. The molecule has 1 atom stereocenters. The van der Waals surface area contributed by atoms with Crippen molar-refractivity contribution in [3.05, 3.63) is 24.3 Å². The van der Waals surface area contributed by atoms with E-state index in [1.54, 1.807) is 7.11 Å². The third-order valence-corrected chi connectivity index (χ3v) is 2.87. The number of para-hydroxylation sites is 2. The Hall–Kier alpha value is -1.59. The van der Waals surface area contributed by atoms with Crippen molar-refractivity contribution in [3.63, 3.8) is 0 Å². The van der Waals surface area contributed by atoms with Gasteiger partial charge in [-0.15, -0.1) is 0 Å². The van der Waals surface area contributed by atoms with Gasteiger partial charge in [-0.05, 0) is 26.1 Å². The molecule has 0 heterocycles. The van der Waals surface area contributed by atoms with Crippen molar-refractivity contribution < 1.29 is 9.53 Å². The topological polar surface area (TPSA) is 67.6 Å². The monoisotopic (exact) mass is 251 g/mol. The molecule has 5 nitrogen and oxygen atoms in total. The number of ether oxygens (including phenoxy) is 1. The lowest BCUT2D eigenvalue weighted by Gasteiger charge is -2.22. The number of methoxy groups -OCH3 is 1. The Balaban J connectivity index is 2.59. The minimum atomic E-state index is -0.0812. The van der Waals surface area contributed by atoms with Crippen molar-refractivity contribution in [2.75, 3.05) is 32.6 Å². The van der Waals surface area contributed by atoms with Crippen LogP contribution in [0.15, 0.2) is 24.3 Å². The Morgan fingerprint density at radius 2 is 2.17 bits per heavy atom. The summed E-state index contributed by atoms with van der Waals surface area (Å²) >= 11 is 0. The van der Waals surface area contributed by atoms with E-state index in [2.05, 4.69) is 5.32 Å². The van der Waals surface area contributed by atoms with Gasteiger partial charge in [-0.3, -0.25) is 9.69 Å². The molecule has 0 radical (unpaired) electrons. The number of nitrogens with one attached hydrogen (secondary N) is 1. The van der Waals surface area contributed by atoms with Crippen LogP contribution in [0.25, 0.3) is 0 Å². The van der Waals surface area contributed by atoms with E-state index < -0.39 is 0 Å². The standard InChI is InChI=1S/C13H21N3O2/c1-10(8-14)16(2)9-13(17)15-11-6-4-5-7-12(11)18-3/h4-7,10H,8-9,14H2,1-3H3,(H,15,17). The summed E-state index contributed by atoms with van der Waals surface area (Å²) in [5, 5.41) is 2.82. The van der Waals surface area contributed by atoms with Gasteiger partial charge in [-0.25, -0.2) is 0 Å². The second-order valence-electron chi connectivity index (χ2n) is 4.25. The van der Waals surface area contributed by atoms with Gasteiger partial charge in [0, 0.05) is 12.6 Å². The number of nitrogens with two attached hydrogens (primary N) is 1. The lowest BCUT2D eigenvalue weighted by atomic mass is 10.2. The average molecular weight is 251 g/mol. The highest BCUT2D eigenvalue weighted by atomic mass is 16.5. The van der Waals surface area contributed by atoms with Gasteiger partial charge in [0.25, 0.3) is 0 Å². The van der Waals surface area contributed by atoms with E-state index in [4.69, 9.17) is 10.5 Å². The van der Waals surface area contributed by atoms with Crippen LogP contribution in [0, 0.1) is 0 Å². The van der Waals surface area contributed by atoms with E-state index in [1.165, 1.54) is 0 Å². The van der Waals surface area contributed by atoms with Crippen molar-refractivity contribution in [1.29, 1.82) is 0 Å². The zero-order valence-electron chi connectivity index (χ0n) is 11.1. The molecule has 0 aliphatic rings. The maximum Gasteiger partial charge on any atom is 0.238 e. The van der Waals surface area contributed by atoms with Crippen LogP contribution in [0.4, 0.5) is 5.69 Å². The first kappa shape index (κ1) is 14.5. The van der Waals surface area contributed by atoms with Gasteiger partial charge >= 0.3 is 0 Å². The molecule has 1 aromatic carbocycles. The van der Waals surface area contributed by atoms with Crippen LogP contribution in [0.2, 0.25) is 0 Å². The number of carbonyl (C=O) groups excluding carboxylic acids is 1. The summed E-state index contributed by atoms with van der Waals surface area (Å²) in [5.74, 6) is 0.572. The zero-order chi connectivity index (χ0) is 13.5. The van der Waals surface area contributed by atoms with Crippen molar-refractivity contribution in [2.24, 2.45) is 5.73 Å². The van der Waals surface area contributed by atoms with E-state index >= 15 is 0 Å². The molecule has 100 valence electrons. The molecule has 0 aliphatic heterocycles. The molecule has 0 saturated heterocycles. The van der Waals surface area contributed by atoms with Crippen LogP contribution < -0.4 is 15.8 Å². The van der Waals surface area contributed by atoms with Crippen molar-refractivity contribution in [2.45, 2.75) is 13.0 Å². The molecule has 18 heavy (non-hydrogen) atoms. The highest BCUT2D eigenvalue weighted by Crippen LogP contribution is 2.22. The van der Waals surface area contributed by atoms with E-state index in [0.29, 0.717) is 24.5 Å². The molecule has 0 bridgehead atoms. The van der Waals surface area contributed by atoms with Gasteiger partial charge in [0.15, 0.2) is 0 Å². The second kappa shape index (κ2) is 6.98. The first-order valence-electron chi connectivity index (χ1n) is 5.91. The van der Waals surface area contributed by atoms with Crippen LogP contribution >= 0.6 is 0 Å². The molecule has 1 rings (SSSR count). The lowest BCUT2D eigenvalue weighted by molar-refractivity contribution is -0.117. The van der Waals surface area contributed by atoms with Crippen molar-refractivity contribution in [3.8, 4) is 5.75 Å². The molecule has 1 aromatic rings. The summed E-state index contributed by atoms with van der Waals surface area (Å²) in [6.07, 6.45) is 0. The van der Waals surface area contributed by atoms with Crippen LogP contribution in [-0.4, -0.2) is 44.1 Å². The van der Waals surface area contributed by atoms with Gasteiger partial charge in [0.2, 0.25) is 5.91 Å². The summed E-state index contributed by atoms with van der Waals surface area (Å²) in [4.78, 5) is 13.8. The minimum absolute atomic E-state index is 0.0812. The first-order valence-corrected chi connectivity index (χ1v) is 5.91. The number of hydrogen-bond donors (Lipinski definition) is 2. The van der Waals surface area contributed by atoms with Crippen molar-refractivity contribution >= 4 is 11.6 Å². The van der Waals surface area contributed by atoms with Gasteiger partial charge in [0.1, 0.15) is 5.75 Å². The number of anilines is 1. The Morgan fingerprint density at radius 3 is 2.78 bits per heavy atom. The molecule has 0 fully saturated rings. The molecular weight excluding hydrogens is 230 g/mol. The molecule has 3 N–H and O–H groups in total. The van der Waals surface area contributed by atoms with Crippen LogP contribution in [-0.2, 0) is 4.79 Å². The molecule has 0 saturated carbocycles. The smallest absolute Gasteiger partial charge is 0.238 e. The highest BCUT2D eigenvalue weighted by molar-refractivity contribution is 5.93. The lowest BCUT2D eigenvalue weighted by Crippen LogP contribution is -2.40. The molecule has 0 aromatic heterocycles. The van der Waals surface area contributed by atoms with E-state index in [9.17, 15) is 4.79 Å². The fourth-order valence-electron chi connectivity index (χ4n) is 1.50. The Labute approximate surface area is 108 Å². The van der Waals surface area contributed by atoms with E-state index in [-0.39, 0.29) is 11.9 Å². The molecule has 0 spiro atoms. The number of likely N-dealkylation sites (N-methyl/N-ethyl adjacent to an activating group) is 1. The van der Waals surface area contributed by atoms with Crippen LogP contribution in [0.1, 0.15) is 6.92 Å². The number of hydrogen-bond acceptors (Lipinski definition) is 4. The van der Waals surface area contributed by atoms with Crippen LogP contribution in [0.5, 0.6) is 5.75 Å². The van der Waals surface area contributed by atoms with Gasteiger partial charge in [-0.2, -0.15) is 0 Å². The predicted octanol–water partition coefficient (Wildman–Crippen LogP) is 0.913. The highest BCUT2D eigenvalue weighted by Gasteiger charge is 2.13. The number of amides is 1. The number of benzene rings is 1. The number of nitrogens with zero attached hydrogens (tertiary/aromatic N) is 1. The number of rotatable bonds is 6. The Morgan fingerprint density at radius 1 is 1.50 bits per heavy atom. The summed E-state index contributed by atoms with van der Waals surface area (Å²) < 4.78 is 5.17. The van der Waals surface area contributed by atoms with E-state index in [0.717, 1.165) is 0 Å². The summed E-state index contributed by atoms with van der Waals surface area (Å²) in [6.45, 7) is 2.81. The van der Waals surface area contributed by atoms with Crippen molar-refractivity contribution in [1.82, 2.24) is 4.90 Å². The molecule has 0 aliphatic carbocycles. The zero-order valence-corrected chi connectivity index (χ0v) is 11.1. The van der Waals surface area contributed by atoms with E-state index in [1.807, 2.05) is 43.1 Å². The molecular formula is C13H21N3O2. The third kappa shape index (κ3) is 4.01. The maximum absolute atomic E-state index is 11.9. The quantitative estimate of drug-likeness (QED) is 0.788. The maximum atomic E-state index is 11.9. The normalized spacial score (nSPS) is 12.3. The molecule has 1 amide bonds. The Bertz CT molecular complexity index is 396. The molecule has 5 heteroatoms. The fourth-order valence-corrected chi connectivity index (χ4v) is 1.50. The summed E-state index contributed by atoms with van der Waals surface area (Å²) in [7, 11) is 3.45. The second-order valence-corrected chi connectivity index (χ2v) is 4.25. The predicted molar refractivity (Wildman–Crippen MR) is 72.8 cm³/mol. The van der Waals surface area contributed by atoms with Gasteiger partial charge < -0.3 is 15.8 Å². The van der Waals surface area contributed by atoms with Gasteiger partial charge in [0.05, 0.1) is 19.3 Å². The third-order valence-electron chi connectivity index (χ3n) is 2.87. The SMILES string of the molecule is COc1ccccc1NC(=O)CN(C)C(C)CN. The number of carbonyl (C=O) groups is 1. The first-order chi connectivity index (χ1) is 8.58. The summed E-state index contributed by atoms with van der Waals surface area (Å²) in [5.41, 5.74) is 6.23. The largest absolute Gasteiger partial charge is 0.495 e. The van der Waals surface area contributed by atoms with Gasteiger partial charge in [-0.1, -0.05) is 12.1 Å².